The van der Waals surface area contributed by atoms with Crippen LogP contribution in [0.5, 0.6) is 0 Å². The molecule has 2 atom stereocenters. The van der Waals surface area contributed by atoms with Gasteiger partial charge in [0.15, 0.2) is 0 Å². The number of aromatic nitrogens is 1. The third kappa shape index (κ3) is 3.76. The lowest BCUT2D eigenvalue weighted by molar-refractivity contribution is 0.0482. The molecular formula is C19H23N3O2S. The predicted molar refractivity (Wildman–Crippen MR) is 97.7 cm³/mol. The number of thiophene rings is 1. The van der Waals surface area contributed by atoms with Crippen molar-refractivity contribution in [2.75, 3.05) is 32.8 Å². The Hall–Kier alpha value is -1.76. The molecule has 0 aliphatic carbocycles. The second-order valence-corrected chi connectivity index (χ2v) is 7.89. The summed E-state index contributed by atoms with van der Waals surface area (Å²) in [5.74, 6) is 0.390. The summed E-state index contributed by atoms with van der Waals surface area (Å²) in [5.41, 5.74) is 1.41. The molecule has 2 fully saturated rings. The van der Waals surface area contributed by atoms with E-state index in [2.05, 4.69) is 27.4 Å². The van der Waals surface area contributed by atoms with Gasteiger partial charge >= 0.3 is 0 Å². The average Bonchev–Trinajstić information content (AvgIpc) is 3.21. The van der Waals surface area contributed by atoms with Gasteiger partial charge in [0, 0.05) is 49.2 Å². The minimum atomic E-state index is 0.0187. The van der Waals surface area contributed by atoms with Gasteiger partial charge in [-0.1, -0.05) is 12.1 Å². The SMILES string of the molecule is Cc1cccc(C(=O)N2C[C@H]3CN(Cc4cccs4)CCO[C@H]3C2)n1. The van der Waals surface area contributed by atoms with Crippen LogP contribution in [0.25, 0.3) is 0 Å². The maximum Gasteiger partial charge on any atom is 0.272 e. The molecule has 4 rings (SSSR count). The zero-order chi connectivity index (χ0) is 17.2. The number of likely N-dealkylation sites (tertiary alicyclic amines) is 1. The molecule has 2 aromatic heterocycles. The summed E-state index contributed by atoms with van der Waals surface area (Å²) in [7, 11) is 0. The van der Waals surface area contributed by atoms with Gasteiger partial charge in [-0.3, -0.25) is 9.69 Å². The second-order valence-electron chi connectivity index (χ2n) is 6.86. The fourth-order valence-electron chi connectivity index (χ4n) is 3.72. The summed E-state index contributed by atoms with van der Waals surface area (Å²) in [6.07, 6.45) is 0.141. The van der Waals surface area contributed by atoms with Gasteiger partial charge in [0.2, 0.25) is 0 Å². The summed E-state index contributed by atoms with van der Waals surface area (Å²) in [6.45, 7) is 6.98. The van der Waals surface area contributed by atoms with Gasteiger partial charge < -0.3 is 9.64 Å². The zero-order valence-corrected chi connectivity index (χ0v) is 15.2. The molecule has 2 aliphatic rings. The van der Waals surface area contributed by atoms with E-state index < -0.39 is 0 Å². The van der Waals surface area contributed by atoms with Gasteiger partial charge in [0.1, 0.15) is 5.69 Å². The molecule has 2 aromatic rings. The number of ether oxygens (including phenoxy) is 1. The van der Waals surface area contributed by atoms with Crippen LogP contribution in [-0.2, 0) is 11.3 Å². The number of rotatable bonds is 3. The average molecular weight is 357 g/mol. The van der Waals surface area contributed by atoms with Gasteiger partial charge in [0.25, 0.3) is 5.91 Å². The van der Waals surface area contributed by atoms with E-state index in [9.17, 15) is 4.79 Å². The summed E-state index contributed by atoms with van der Waals surface area (Å²) in [6, 6.07) is 9.89. The first kappa shape index (κ1) is 16.7. The summed E-state index contributed by atoms with van der Waals surface area (Å²) in [5, 5.41) is 2.12. The van der Waals surface area contributed by atoms with E-state index in [0.29, 0.717) is 18.2 Å². The molecule has 4 heterocycles. The minimum absolute atomic E-state index is 0.0187. The van der Waals surface area contributed by atoms with E-state index in [1.807, 2.05) is 24.0 Å². The molecule has 1 amide bonds. The maximum absolute atomic E-state index is 12.8. The molecule has 132 valence electrons. The van der Waals surface area contributed by atoms with Crippen LogP contribution >= 0.6 is 11.3 Å². The van der Waals surface area contributed by atoms with Crippen LogP contribution in [0.1, 0.15) is 21.1 Å². The van der Waals surface area contributed by atoms with Crippen molar-refractivity contribution in [1.29, 1.82) is 0 Å². The number of nitrogens with zero attached hydrogens (tertiary/aromatic N) is 3. The van der Waals surface area contributed by atoms with Crippen molar-refractivity contribution < 1.29 is 9.53 Å². The van der Waals surface area contributed by atoms with E-state index >= 15 is 0 Å². The Balaban J connectivity index is 1.42. The predicted octanol–water partition coefficient (Wildman–Crippen LogP) is 2.42. The molecule has 0 radical (unpaired) electrons. The van der Waals surface area contributed by atoms with Crippen LogP contribution in [0.3, 0.4) is 0 Å². The molecule has 6 heteroatoms. The number of aryl methyl sites for hydroxylation is 1. The third-order valence-corrected chi connectivity index (χ3v) is 5.83. The van der Waals surface area contributed by atoms with E-state index in [1.165, 1.54) is 4.88 Å². The summed E-state index contributed by atoms with van der Waals surface area (Å²) in [4.78, 5) is 22.9. The molecule has 5 nitrogen and oxygen atoms in total. The highest BCUT2D eigenvalue weighted by molar-refractivity contribution is 7.09. The Kier molecular flexibility index (Phi) is 4.83. The highest BCUT2D eigenvalue weighted by atomic mass is 32.1. The zero-order valence-electron chi connectivity index (χ0n) is 14.4. The number of amides is 1. The van der Waals surface area contributed by atoms with Crippen molar-refractivity contribution in [2.24, 2.45) is 5.92 Å². The van der Waals surface area contributed by atoms with Gasteiger partial charge in [-0.05, 0) is 30.5 Å². The van der Waals surface area contributed by atoms with Gasteiger partial charge in [-0.15, -0.1) is 11.3 Å². The van der Waals surface area contributed by atoms with Crippen molar-refractivity contribution in [3.8, 4) is 0 Å². The Bertz CT molecular complexity index is 734. The van der Waals surface area contributed by atoms with Crippen molar-refractivity contribution in [3.63, 3.8) is 0 Å². The number of hydrogen-bond donors (Lipinski definition) is 0. The Labute approximate surface area is 152 Å². The van der Waals surface area contributed by atoms with E-state index in [-0.39, 0.29) is 12.0 Å². The first-order chi connectivity index (χ1) is 12.2. The molecule has 0 saturated carbocycles. The first-order valence-electron chi connectivity index (χ1n) is 8.78. The van der Waals surface area contributed by atoms with E-state index in [0.717, 1.165) is 38.5 Å². The van der Waals surface area contributed by atoms with Crippen LogP contribution in [0.15, 0.2) is 35.7 Å². The van der Waals surface area contributed by atoms with Gasteiger partial charge in [-0.25, -0.2) is 4.98 Å². The molecule has 0 spiro atoms. The highest BCUT2D eigenvalue weighted by Crippen LogP contribution is 2.26. The number of carbonyl (C=O) groups is 1. The third-order valence-electron chi connectivity index (χ3n) is 4.97. The molecule has 25 heavy (non-hydrogen) atoms. The fraction of sp³-hybridized carbons (Fsp3) is 0.474. The number of hydrogen-bond acceptors (Lipinski definition) is 5. The van der Waals surface area contributed by atoms with Crippen molar-refractivity contribution in [2.45, 2.75) is 19.6 Å². The summed E-state index contributed by atoms with van der Waals surface area (Å²) < 4.78 is 6.06. The maximum atomic E-state index is 12.8. The molecule has 2 aliphatic heterocycles. The van der Waals surface area contributed by atoms with Crippen LogP contribution < -0.4 is 0 Å². The summed E-state index contributed by atoms with van der Waals surface area (Å²) >= 11 is 1.80. The molecule has 0 N–H and O–H groups in total. The second kappa shape index (κ2) is 7.23. The van der Waals surface area contributed by atoms with E-state index in [4.69, 9.17) is 4.74 Å². The molecule has 0 aromatic carbocycles. The largest absolute Gasteiger partial charge is 0.375 e. The number of pyridine rings is 1. The first-order valence-corrected chi connectivity index (χ1v) is 9.66. The minimum Gasteiger partial charge on any atom is -0.375 e. The van der Waals surface area contributed by atoms with Crippen LogP contribution in [-0.4, -0.2) is 59.6 Å². The van der Waals surface area contributed by atoms with Crippen molar-refractivity contribution in [3.05, 3.63) is 52.0 Å². The Morgan fingerprint density at radius 2 is 2.20 bits per heavy atom. The topological polar surface area (TPSA) is 45.7 Å². The van der Waals surface area contributed by atoms with E-state index in [1.54, 1.807) is 17.4 Å². The van der Waals surface area contributed by atoms with Crippen LogP contribution in [0.2, 0.25) is 0 Å². The smallest absolute Gasteiger partial charge is 0.272 e. The van der Waals surface area contributed by atoms with Crippen molar-refractivity contribution >= 4 is 17.2 Å². The lowest BCUT2D eigenvalue weighted by Crippen LogP contribution is -2.33. The van der Waals surface area contributed by atoms with Gasteiger partial charge in [0.05, 0.1) is 12.7 Å². The molecular weight excluding hydrogens is 334 g/mol. The Morgan fingerprint density at radius 3 is 3.00 bits per heavy atom. The standard InChI is InChI=1S/C19H23N3O2S/c1-14-4-2-6-17(20-14)19(23)22-11-15-10-21(7-8-24-18(15)13-22)12-16-5-3-9-25-16/h2-6,9,15,18H,7-8,10-13H2,1H3/t15-,18+/m1/s1. The lowest BCUT2D eigenvalue weighted by atomic mass is 10.1. The molecule has 2 saturated heterocycles. The fourth-order valence-corrected chi connectivity index (χ4v) is 4.46. The lowest BCUT2D eigenvalue weighted by Gasteiger charge is -2.22. The number of carbonyl (C=O) groups excluding carboxylic acids is 1. The highest BCUT2D eigenvalue weighted by Gasteiger charge is 2.39. The monoisotopic (exact) mass is 357 g/mol. The molecule has 0 unspecified atom stereocenters. The normalized spacial score (nSPS) is 24.1. The van der Waals surface area contributed by atoms with Gasteiger partial charge in [-0.2, -0.15) is 0 Å². The van der Waals surface area contributed by atoms with Crippen LogP contribution in [0, 0.1) is 12.8 Å². The molecule has 0 bridgehead atoms. The Morgan fingerprint density at radius 1 is 1.28 bits per heavy atom. The quantitative estimate of drug-likeness (QED) is 0.846. The van der Waals surface area contributed by atoms with Crippen LogP contribution in [0.4, 0.5) is 0 Å². The van der Waals surface area contributed by atoms with Crippen molar-refractivity contribution in [1.82, 2.24) is 14.8 Å². The number of fused-ring (bicyclic) bond motifs is 1.